The van der Waals surface area contributed by atoms with Crippen LogP contribution in [-0.4, -0.2) is 69.4 Å². The van der Waals surface area contributed by atoms with E-state index in [2.05, 4.69) is 124 Å². The van der Waals surface area contributed by atoms with Gasteiger partial charge in [-0.3, -0.25) is 4.90 Å². The number of aliphatic hydroxyl groups excluding tert-OH is 1. The van der Waals surface area contributed by atoms with Crippen LogP contribution in [0.2, 0.25) is 0 Å². The van der Waals surface area contributed by atoms with Crippen LogP contribution in [0.3, 0.4) is 0 Å². The number of aromatic nitrogens is 2. The Morgan fingerprint density at radius 3 is 1.78 bits per heavy atom. The molecule has 0 saturated carbocycles. The number of unbranched alkanes of at least 4 members (excludes halogenated alkanes) is 2. The summed E-state index contributed by atoms with van der Waals surface area (Å²) in [5, 5.41) is 15.5. The minimum atomic E-state index is 0.301. The molecule has 262 valence electrons. The number of piperidine rings is 2. The number of rotatable bonds is 12. The number of nitrogens with zero attached hydrogens (tertiary/aromatic N) is 4. The molecule has 1 N–H and O–H groups in total. The molecule has 5 heteroatoms. The summed E-state index contributed by atoms with van der Waals surface area (Å²) in [4.78, 5) is 5.29. The molecule has 0 spiro atoms. The highest BCUT2D eigenvalue weighted by Gasteiger charge is 2.34. The maximum absolute atomic E-state index is 9.88. The van der Waals surface area contributed by atoms with Crippen LogP contribution in [0.15, 0.2) is 91.0 Å². The Kier molecular flexibility index (Phi) is 9.99. The molecular formula is C45H56N4O. The zero-order valence-corrected chi connectivity index (χ0v) is 30.3. The first-order valence-electron chi connectivity index (χ1n) is 19.7. The Bertz CT molecular complexity index is 1990. The number of hydrogen-bond donors (Lipinski definition) is 1. The fourth-order valence-electron chi connectivity index (χ4n) is 10.1. The second-order valence-corrected chi connectivity index (χ2v) is 15.6. The van der Waals surface area contributed by atoms with Crippen LogP contribution in [0.4, 0.5) is 0 Å². The van der Waals surface area contributed by atoms with Gasteiger partial charge in [-0.25, -0.2) is 0 Å². The Labute approximate surface area is 298 Å². The number of hydrogen-bond acceptors (Lipinski definition) is 3. The van der Waals surface area contributed by atoms with Gasteiger partial charge in [-0.15, -0.1) is 0 Å². The van der Waals surface area contributed by atoms with E-state index < -0.39 is 0 Å². The Morgan fingerprint density at radius 1 is 0.580 bits per heavy atom. The third-order valence-corrected chi connectivity index (χ3v) is 12.3. The lowest BCUT2D eigenvalue weighted by molar-refractivity contribution is 0.0885. The van der Waals surface area contributed by atoms with E-state index in [4.69, 9.17) is 0 Å². The molecule has 3 unspecified atom stereocenters. The summed E-state index contributed by atoms with van der Waals surface area (Å²) in [6.07, 6.45) is 8.43. The molecule has 0 amide bonds. The summed E-state index contributed by atoms with van der Waals surface area (Å²) in [6.45, 7) is 13.2. The number of para-hydroxylation sites is 3. The zero-order valence-electron chi connectivity index (χ0n) is 30.3. The van der Waals surface area contributed by atoms with Gasteiger partial charge >= 0.3 is 0 Å². The van der Waals surface area contributed by atoms with Gasteiger partial charge in [-0.05, 0) is 106 Å². The summed E-state index contributed by atoms with van der Waals surface area (Å²) in [5.74, 6) is 1.77. The molecule has 2 saturated heterocycles. The predicted molar refractivity (Wildman–Crippen MR) is 211 cm³/mol. The molecule has 0 bridgehead atoms. The van der Waals surface area contributed by atoms with Gasteiger partial charge in [0.05, 0.1) is 6.61 Å². The van der Waals surface area contributed by atoms with E-state index in [1.54, 1.807) is 5.56 Å². The van der Waals surface area contributed by atoms with Crippen LogP contribution >= 0.6 is 0 Å². The largest absolute Gasteiger partial charge is 0.395 e. The second kappa shape index (κ2) is 14.9. The molecule has 2 fully saturated rings. The van der Waals surface area contributed by atoms with E-state index in [1.165, 1.54) is 95.4 Å². The Balaban J connectivity index is 0.939. The van der Waals surface area contributed by atoms with Crippen LogP contribution < -0.4 is 0 Å². The molecule has 2 aliphatic rings. The van der Waals surface area contributed by atoms with Crippen molar-refractivity contribution in [3.05, 3.63) is 96.6 Å². The van der Waals surface area contributed by atoms with E-state index in [-0.39, 0.29) is 0 Å². The minimum absolute atomic E-state index is 0.301. The number of likely N-dealkylation sites (tertiary alicyclic amines) is 2. The van der Waals surface area contributed by atoms with Crippen LogP contribution in [0.25, 0.3) is 43.6 Å². The van der Waals surface area contributed by atoms with Crippen LogP contribution in [-0.2, 0) is 13.1 Å². The SMILES string of the molecule is CC1CN(CCCCn2c3ccccc3c3ccccc32)CC(C)C1c1cccc2c1c1ccccc1n2CCCCN1CCCCC1CO. The normalized spacial score (nSPS) is 22.4. The molecule has 3 atom stereocenters. The summed E-state index contributed by atoms with van der Waals surface area (Å²) >= 11 is 0. The summed E-state index contributed by atoms with van der Waals surface area (Å²) in [6, 6.07) is 34.4. The van der Waals surface area contributed by atoms with Gasteiger partial charge in [-0.2, -0.15) is 0 Å². The quantitative estimate of drug-likeness (QED) is 0.132. The zero-order chi connectivity index (χ0) is 34.0. The van der Waals surface area contributed by atoms with Crippen molar-refractivity contribution < 1.29 is 5.11 Å². The molecule has 2 aliphatic heterocycles. The van der Waals surface area contributed by atoms with Gasteiger partial charge in [0.15, 0.2) is 0 Å². The van der Waals surface area contributed by atoms with Crippen molar-refractivity contribution in [2.75, 3.05) is 39.3 Å². The highest BCUT2D eigenvalue weighted by Crippen LogP contribution is 2.43. The monoisotopic (exact) mass is 668 g/mol. The smallest absolute Gasteiger partial charge is 0.0586 e. The van der Waals surface area contributed by atoms with Gasteiger partial charge in [0, 0.05) is 75.8 Å². The van der Waals surface area contributed by atoms with Crippen molar-refractivity contribution in [2.45, 2.75) is 83.8 Å². The van der Waals surface area contributed by atoms with Crippen molar-refractivity contribution in [3.63, 3.8) is 0 Å². The molecule has 4 heterocycles. The van der Waals surface area contributed by atoms with E-state index in [1.807, 2.05) is 0 Å². The number of fused-ring (bicyclic) bond motifs is 6. The molecule has 4 aromatic carbocycles. The van der Waals surface area contributed by atoms with Crippen LogP contribution in [0.1, 0.15) is 70.3 Å². The molecule has 6 aromatic rings. The summed E-state index contributed by atoms with van der Waals surface area (Å²) in [7, 11) is 0. The van der Waals surface area contributed by atoms with E-state index in [0.29, 0.717) is 30.4 Å². The van der Waals surface area contributed by atoms with Gasteiger partial charge in [0.2, 0.25) is 0 Å². The number of aryl methyl sites for hydroxylation is 2. The van der Waals surface area contributed by atoms with Crippen LogP contribution in [0, 0.1) is 11.8 Å². The van der Waals surface area contributed by atoms with Crippen molar-refractivity contribution >= 4 is 43.6 Å². The minimum Gasteiger partial charge on any atom is -0.395 e. The number of aliphatic hydroxyl groups is 1. The fourth-order valence-corrected chi connectivity index (χ4v) is 10.1. The first-order chi connectivity index (χ1) is 24.6. The van der Waals surface area contributed by atoms with E-state index in [0.717, 1.165) is 39.0 Å². The fraction of sp³-hybridized carbons (Fsp3) is 0.467. The maximum Gasteiger partial charge on any atom is 0.0586 e. The highest BCUT2D eigenvalue weighted by atomic mass is 16.3. The lowest BCUT2D eigenvalue weighted by Crippen LogP contribution is -2.43. The van der Waals surface area contributed by atoms with Gasteiger partial charge in [0.1, 0.15) is 0 Å². The molecule has 0 radical (unpaired) electrons. The van der Waals surface area contributed by atoms with Gasteiger partial charge < -0.3 is 19.1 Å². The second-order valence-electron chi connectivity index (χ2n) is 15.6. The molecule has 2 aromatic heterocycles. The van der Waals surface area contributed by atoms with E-state index >= 15 is 0 Å². The lowest BCUT2D eigenvalue weighted by Gasteiger charge is -2.42. The predicted octanol–water partition coefficient (Wildman–Crippen LogP) is 9.68. The summed E-state index contributed by atoms with van der Waals surface area (Å²) in [5.41, 5.74) is 7.06. The van der Waals surface area contributed by atoms with Crippen molar-refractivity contribution in [1.82, 2.24) is 18.9 Å². The van der Waals surface area contributed by atoms with Gasteiger partial charge in [-0.1, -0.05) is 87.0 Å². The van der Waals surface area contributed by atoms with Crippen molar-refractivity contribution in [3.8, 4) is 0 Å². The Morgan fingerprint density at radius 2 is 1.12 bits per heavy atom. The summed E-state index contributed by atoms with van der Waals surface area (Å²) < 4.78 is 5.15. The maximum atomic E-state index is 9.88. The standard InChI is InChI=1S/C45H56N4O/c1-33-30-46(25-11-13-28-48-40-21-6-3-17-36(40)37-18-4-7-22-41(37)48)31-34(2)44(33)39-20-15-24-43-45(39)38-19-5-8-23-42(38)49(43)29-14-12-27-47-26-10-9-16-35(47)32-50/h3-8,15,17-24,33-35,44,50H,9-14,16,25-32H2,1-2H3. The molecule has 8 rings (SSSR count). The highest BCUT2D eigenvalue weighted by molar-refractivity contribution is 6.10. The first-order valence-corrected chi connectivity index (χ1v) is 19.7. The number of benzene rings is 4. The average molecular weight is 669 g/mol. The third-order valence-electron chi connectivity index (χ3n) is 12.3. The molecule has 0 aliphatic carbocycles. The Hall–Kier alpha value is -3.64. The average Bonchev–Trinajstić information content (AvgIpc) is 3.64. The van der Waals surface area contributed by atoms with E-state index in [9.17, 15) is 5.11 Å². The first kappa shape index (κ1) is 33.5. The molecular weight excluding hydrogens is 613 g/mol. The topological polar surface area (TPSA) is 36.6 Å². The van der Waals surface area contributed by atoms with Crippen molar-refractivity contribution in [1.29, 1.82) is 0 Å². The molecule has 5 nitrogen and oxygen atoms in total. The van der Waals surface area contributed by atoms with Crippen LogP contribution in [0.5, 0.6) is 0 Å². The van der Waals surface area contributed by atoms with Crippen molar-refractivity contribution in [2.24, 2.45) is 11.8 Å². The van der Waals surface area contributed by atoms with Gasteiger partial charge in [0.25, 0.3) is 0 Å². The molecule has 50 heavy (non-hydrogen) atoms. The lowest BCUT2D eigenvalue weighted by atomic mass is 9.74. The third kappa shape index (κ3) is 6.38.